The number of hydrogen-bond acceptors (Lipinski definition) is 5. The highest BCUT2D eigenvalue weighted by molar-refractivity contribution is 7.15. The van der Waals surface area contributed by atoms with E-state index in [1.165, 1.54) is 24.2 Å². The molecule has 0 radical (unpaired) electrons. The third kappa shape index (κ3) is 4.41. The van der Waals surface area contributed by atoms with Crippen molar-refractivity contribution < 1.29 is 9.66 Å². The summed E-state index contributed by atoms with van der Waals surface area (Å²) in [5, 5.41) is 13.9. The van der Waals surface area contributed by atoms with Crippen molar-refractivity contribution in [2.45, 2.75) is 19.4 Å². The third-order valence-electron chi connectivity index (χ3n) is 2.60. The summed E-state index contributed by atoms with van der Waals surface area (Å²) < 4.78 is 5.47. The van der Waals surface area contributed by atoms with Gasteiger partial charge in [-0.15, -0.1) is 0 Å². The average Bonchev–Trinajstić information content (AvgIpc) is 3.00. The minimum absolute atomic E-state index is 0.201. The van der Waals surface area contributed by atoms with Crippen LogP contribution in [0.25, 0.3) is 0 Å². The molecule has 1 N–H and O–H groups in total. The van der Waals surface area contributed by atoms with Gasteiger partial charge < -0.3 is 10.1 Å². The monoisotopic (exact) mass is 256 g/mol. The summed E-state index contributed by atoms with van der Waals surface area (Å²) in [7, 11) is 0. The van der Waals surface area contributed by atoms with Crippen LogP contribution in [0.4, 0.5) is 5.00 Å². The van der Waals surface area contributed by atoms with E-state index < -0.39 is 0 Å². The fourth-order valence-corrected chi connectivity index (χ4v) is 2.24. The molecule has 1 aromatic heterocycles. The highest BCUT2D eigenvalue weighted by Crippen LogP contribution is 2.28. The first-order valence-corrected chi connectivity index (χ1v) is 6.59. The fourth-order valence-electron chi connectivity index (χ4n) is 1.45. The van der Waals surface area contributed by atoms with Crippen LogP contribution in [0.2, 0.25) is 0 Å². The van der Waals surface area contributed by atoms with Gasteiger partial charge in [0.05, 0.1) is 11.5 Å². The molecule has 1 aromatic rings. The lowest BCUT2D eigenvalue weighted by Crippen LogP contribution is -2.19. The van der Waals surface area contributed by atoms with Crippen molar-refractivity contribution in [1.82, 2.24) is 5.32 Å². The quantitative estimate of drug-likeness (QED) is 0.440. The first-order chi connectivity index (χ1) is 8.25. The molecule has 0 saturated heterocycles. The molecule has 5 nitrogen and oxygen atoms in total. The van der Waals surface area contributed by atoms with Crippen molar-refractivity contribution in [3.8, 4) is 0 Å². The van der Waals surface area contributed by atoms with Crippen LogP contribution in [0.15, 0.2) is 12.1 Å². The number of nitrogens with one attached hydrogen (secondary N) is 1. The average molecular weight is 256 g/mol. The van der Waals surface area contributed by atoms with Crippen LogP contribution < -0.4 is 5.32 Å². The van der Waals surface area contributed by atoms with Crippen LogP contribution in [0.3, 0.4) is 0 Å². The van der Waals surface area contributed by atoms with E-state index in [0.29, 0.717) is 13.2 Å². The molecule has 2 rings (SSSR count). The molecule has 0 aliphatic heterocycles. The molecule has 1 heterocycles. The van der Waals surface area contributed by atoms with E-state index in [4.69, 9.17) is 4.74 Å². The number of ether oxygens (including phenoxy) is 1. The Balaban J connectivity index is 1.55. The van der Waals surface area contributed by atoms with E-state index in [1.54, 1.807) is 12.1 Å². The maximum atomic E-state index is 10.5. The Bertz CT molecular complexity index is 377. The topological polar surface area (TPSA) is 64.4 Å². The van der Waals surface area contributed by atoms with E-state index in [-0.39, 0.29) is 9.92 Å². The van der Waals surface area contributed by atoms with Crippen LogP contribution >= 0.6 is 11.3 Å². The fraction of sp³-hybridized carbons (Fsp3) is 0.636. The second kappa shape index (κ2) is 6.09. The summed E-state index contributed by atoms with van der Waals surface area (Å²) in [4.78, 5) is 11.1. The first-order valence-electron chi connectivity index (χ1n) is 5.77. The summed E-state index contributed by atoms with van der Waals surface area (Å²) >= 11 is 1.22. The van der Waals surface area contributed by atoms with Gasteiger partial charge in [0.2, 0.25) is 0 Å². The SMILES string of the molecule is O=[N+]([O-])c1ccc(CNCCOCC2CC2)s1. The van der Waals surface area contributed by atoms with Crippen LogP contribution in [0.1, 0.15) is 17.7 Å². The van der Waals surface area contributed by atoms with E-state index in [0.717, 1.165) is 23.9 Å². The second-order valence-electron chi connectivity index (χ2n) is 4.19. The number of thiophene rings is 1. The molecule has 0 atom stereocenters. The molecule has 0 unspecified atom stereocenters. The van der Waals surface area contributed by atoms with Crippen molar-refractivity contribution >= 4 is 16.3 Å². The molecule has 94 valence electrons. The van der Waals surface area contributed by atoms with E-state index in [2.05, 4.69) is 5.32 Å². The van der Waals surface area contributed by atoms with Gasteiger partial charge in [0.1, 0.15) is 0 Å². The van der Waals surface area contributed by atoms with Crippen molar-refractivity contribution in [3.05, 3.63) is 27.1 Å². The van der Waals surface area contributed by atoms with Crippen molar-refractivity contribution in [2.75, 3.05) is 19.8 Å². The Labute approximate surface area is 104 Å². The summed E-state index contributed by atoms with van der Waals surface area (Å²) in [6, 6.07) is 3.34. The Morgan fingerprint density at radius 1 is 1.53 bits per heavy atom. The van der Waals surface area contributed by atoms with E-state index in [9.17, 15) is 10.1 Å². The molecule has 6 heteroatoms. The van der Waals surface area contributed by atoms with Gasteiger partial charge >= 0.3 is 5.00 Å². The first kappa shape index (κ1) is 12.5. The summed E-state index contributed by atoms with van der Waals surface area (Å²) in [5.41, 5.74) is 0. The Hall–Kier alpha value is -0.980. The lowest BCUT2D eigenvalue weighted by atomic mass is 10.4. The molecule has 0 spiro atoms. The molecule has 0 aromatic carbocycles. The van der Waals surface area contributed by atoms with Crippen LogP contribution in [0.5, 0.6) is 0 Å². The predicted molar refractivity (Wildman–Crippen MR) is 66.2 cm³/mol. The lowest BCUT2D eigenvalue weighted by Gasteiger charge is -2.03. The van der Waals surface area contributed by atoms with Crippen LogP contribution in [-0.4, -0.2) is 24.7 Å². The Kier molecular flexibility index (Phi) is 4.47. The summed E-state index contributed by atoms with van der Waals surface area (Å²) in [6.07, 6.45) is 2.62. The number of nitrogens with zero attached hydrogens (tertiary/aromatic N) is 1. The number of hydrogen-bond donors (Lipinski definition) is 1. The zero-order chi connectivity index (χ0) is 12.1. The van der Waals surface area contributed by atoms with Crippen LogP contribution in [0, 0.1) is 16.0 Å². The minimum Gasteiger partial charge on any atom is -0.380 e. The zero-order valence-corrected chi connectivity index (χ0v) is 10.4. The van der Waals surface area contributed by atoms with Gasteiger partial charge in [0.25, 0.3) is 0 Å². The highest BCUT2D eigenvalue weighted by Gasteiger charge is 2.20. The molecule has 1 saturated carbocycles. The van der Waals surface area contributed by atoms with Gasteiger partial charge in [-0.25, -0.2) is 0 Å². The lowest BCUT2D eigenvalue weighted by molar-refractivity contribution is -0.380. The van der Waals surface area contributed by atoms with Crippen molar-refractivity contribution in [3.63, 3.8) is 0 Å². The second-order valence-corrected chi connectivity index (χ2v) is 5.34. The molecule has 1 fully saturated rings. The normalized spacial score (nSPS) is 15.1. The largest absolute Gasteiger partial charge is 0.380 e. The molecule has 1 aliphatic rings. The molecule has 0 amide bonds. The number of rotatable bonds is 8. The summed E-state index contributed by atoms with van der Waals surface area (Å²) in [6.45, 7) is 3.06. The predicted octanol–water partition coefficient (Wildman–Crippen LogP) is 2.17. The van der Waals surface area contributed by atoms with E-state index >= 15 is 0 Å². The maximum absolute atomic E-state index is 10.5. The van der Waals surface area contributed by atoms with Gasteiger partial charge in [-0.3, -0.25) is 10.1 Å². The molecular weight excluding hydrogens is 240 g/mol. The van der Waals surface area contributed by atoms with Gasteiger partial charge in [-0.05, 0) is 24.8 Å². The standard InChI is InChI=1S/C11H16N2O3S/c14-13(15)11-4-3-10(17-11)7-12-5-6-16-8-9-1-2-9/h3-4,9,12H,1-2,5-8H2. The zero-order valence-electron chi connectivity index (χ0n) is 9.55. The van der Waals surface area contributed by atoms with Gasteiger partial charge in [-0.1, -0.05) is 11.3 Å². The summed E-state index contributed by atoms with van der Waals surface area (Å²) in [5.74, 6) is 0.801. The van der Waals surface area contributed by atoms with Gasteiger partial charge in [0, 0.05) is 30.6 Å². The van der Waals surface area contributed by atoms with Crippen LogP contribution in [-0.2, 0) is 11.3 Å². The smallest absolute Gasteiger partial charge is 0.324 e. The molecule has 0 bridgehead atoms. The Morgan fingerprint density at radius 3 is 3.00 bits per heavy atom. The molecule has 1 aliphatic carbocycles. The minimum atomic E-state index is -0.354. The van der Waals surface area contributed by atoms with Crippen molar-refractivity contribution in [1.29, 1.82) is 0 Å². The van der Waals surface area contributed by atoms with Gasteiger partial charge in [-0.2, -0.15) is 0 Å². The maximum Gasteiger partial charge on any atom is 0.324 e. The van der Waals surface area contributed by atoms with Gasteiger partial charge in [0.15, 0.2) is 0 Å². The Morgan fingerprint density at radius 2 is 2.35 bits per heavy atom. The van der Waals surface area contributed by atoms with Crippen molar-refractivity contribution in [2.24, 2.45) is 5.92 Å². The highest BCUT2D eigenvalue weighted by atomic mass is 32.1. The molecular formula is C11H16N2O3S. The molecule has 17 heavy (non-hydrogen) atoms. The number of nitro groups is 1. The van der Waals surface area contributed by atoms with E-state index in [1.807, 2.05) is 0 Å². The third-order valence-corrected chi connectivity index (χ3v) is 3.64.